The van der Waals surface area contributed by atoms with E-state index in [4.69, 9.17) is 0 Å². The van der Waals surface area contributed by atoms with E-state index in [2.05, 4.69) is 16.6 Å². The number of carbonyl (C=O) groups excluding carboxylic acids is 2. The summed E-state index contributed by atoms with van der Waals surface area (Å²) >= 11 is 0. The van der Waals surface area contributed by atoms with Crippen LogP contribution >= 0.6 is 0 Å². The third-order valence-electron chi connectivity index (χ3n) is 4.06. The predicted molar refractivity (Wildman–Crippen MR) is 95.4 cm³/mol. The van der Waals surface area contributed by atoms with Crippen molar-refractivity contribution in [2.45, 2.75) is 11.8 Å². The molecule has 0 saturated carbocycles. The number of amidine groups is 1. The summed E-state index contributed by atoms with van der Waals surface area (Å²) < 4.78 is 42.1. The number of hydrogen-bond acceptors (Lipinski definition) is 4. The molecule has 1 aliphatic rings. The highest BCUT2D eigenvalue weighted by atomic mass is 19.4. The lowest BCUT2D eigenvalue weighted by Gasteiger charge is -2.28. The number of nitrogens with zero attached hydrogens (tertiary/aromatic N) is 3. The van der Waals surface area contributed by atoms with Crippen molar-refractivity contribution in [1.82, 2.24) is 15.2 Å². The molecule has 144 valence electrons. The van der Waals surface area contributed by atoms with Crippen LogP contribution in [0, 0.1) is 0 Å². The molecule has 0 radical (unpaired) electrons. The number of hydrogen-bond donors (Lipinski definition) is 1. The topological polar surface area (TPSA) is 74.7 Å². The van der Waals surface area contributed by atoms with E-state index in [1.54, 1.807) is 23.5 Å². The van der Waals surface area contributed by atoms with Crippen LogP contribution in [0.3, 0.4) is 0 Å². The highest BCUT2D eigenvalue weighted by Crippen LogP contribution is 2.38. The number of halogens is 3. The Hall–Kier alpha value is -3.49. The smallest absolute Gasteiger partial charge is 0.312 e. The molecule has 1 aliphatic heterocycles. The second-order valence-electron chi connectivity index (χ2n) is 5.91. The summed E-state index contributed by atoms with van der Waals surface area (Å²) in [6.07, 6.45) is -1.42. The van der Waals surface area contributed by atoms with Gasteiger partial charge in [-0.25, -0.2) is 4.99 Å². The maximum absolute atomic E-state index is 14.0. The zero-order valence-corrected chi connectivity index (χ0v) is 14.5. The molecule has 2 amide bonds. The number of pyridine rings is 1. The summed E-state index contributed by atoms with van der Waals surface area (Å²) in [7, 11) is 0. The van der Waals surface area contributed by atoms with Gasteiger partial charge in [0.2, 0.25) is 0 Å². The molecular formula is C19H15F3N4O2. The Morgan fingerprint density at radius 2 is 1.93 bits per heavy atom. The quantitative estimate of drug-likeness (QED) is 0.800. The van der Waals surface area contributed by atoms with Gasteiger partial charge in [-0.1, -0.05) is 36.4 Å². The standard InChI is InChI=1S/C19H15F3N4O2/c1-2-11-26-15(13-7-4-3-5-8-13)24-18(17(26)28,19(20,21)22)25-16(27)14-9-6-10-23-12-14/h2-10,12H,1,11H2,(H,25,27)/t18-/m1/s1. The maximum atomic E-state index is 14.0. The van der Waals surface area contributed by atoms with Crippen LogP contribution in [0.4, 0.5) is 13.2 Å². The molecule has 1 aromatic carbocycles. The Kier molecular flexibility index (Phi) is 5.00. The number of rotatable bonds is 5. The van der Waals surface area contributed by atoms with Crippen LogP contribution in [0.5, 0.6) is 0 Å². The molecule has 0 saturated heterocycles. The van der Waals surface area contributed by atoms with Crippen molar-refractivity contribution in [3.05, 3.63) is 78.6 Å². The van der Waals surface area contributed by atoms with Crippen LogP contribution in [-0.4, -0.2) is 45.9 Å². The van der Waals surface area contributed by atoms with Crippen LogP contribution in [0.25, 0.3) is 0 Å². The maximum Gasteiger partial charge on any atom is 0.442 e. The molecule has 9 heteroatoms. The van der Waals surface area contributed by atoms with Gasteiger partial charge < -0.3 is 5.32 Å². The summed E-state index contributed by atoms with van der Waals surface area (Å²) in [4.78, 5) is 33.4. The SMILES string of the molecule is C=CCN1C(=O)[C@@](NC(=O)c2cccnc2)(C(F)(F)F)N=C1c1ccccc1. The van der Waals surface area contributed by atoms with E-state index in [0.29, 0.717) is 5.56 Å². The van der Waals surface area contributed by atoms with Crippen molar-refractivity contribution in [3.8, 4) is 0 Å². The molecule has 1 atom stereocenters. The van der Waals surface area contributed by atoms with Crippen molar-refractivity contribution in [2.75, 3.05) is 6.54 Å². The van der Waals surface area contributed by atoms with Crippen molar-refractivity contribution in [3.63, 3.8) is 0 Å². The molecule has 0 spiro atoms. The lowest BCUT2D eigenvalue weighted by Crippen LogP contribution is -2.63. The Morgan fingerprint density at radius 1 is 1.21 bits per heavy atom. The Balaban J connectivity index is 2.11. The third-order valence-corrected chi connectivity index (χ3v) is 4.06. The first-order valence-corrected chi connectivity index (χ1v) is 8.17. The van der Waals surface area contributed by atoms with Gasteiger partial charge >= 0.3 is 11.8 Å². The fourth-order valence-electron chi connectivity index (χ4n) is 2.74. The van der Waals surface area contributed by atoms with Gasteiger partial charge in [-0.05, 0) is 12.1 Å². The summed E-state index contributed by atoms with van der Waals surface area (Å²) in [5, 5.41) is 1.77. The number of alkyl halides is 3. The summed E-state index contributed by atoms with van der Waals surface area (Å²) in [6.45, 7) is 3.28. The van der Waals surface area contributed by atoms with E-state index in [9.17, 15) is 22.8 Å². The number of carbonyl (C=O) groups is 2. The summed E-state index contributed by atoms with van der Waals surface area (Å²) in [5.74, 6) is -2.72. The molecule has 1 N–H and O–H groups in total. The largest absolute Gasteiger partial charge is 0.442 e. The number of nitrogens with one attached hydrogen (secondary N) is 1. The predicted octanol–water partition coefficient (Wildman–Crippen LogP) is 2.54. The van der Waals surface area contributed by atoms with E-state index < -0.39 is 23.7 Å². The molecule has 28 heavy (non-hydrogen) atoms. The summed E-state index contributed by atoms with van der Waals surface area (Å²) in [5.41, 5.74) is -3.26. The van der Waals surface area contributed by atoms with Crippen molar-refractivity contribution in [1.29, 1.82) is 0 Å². The van der Waals surface area contributed by atoms with Crippen LogP contribution < -0.4 is 5.32 Å². The van der Waals surface area contributed by atoms with Gasteiger partial charge in [-0.15, -0.1) is 6.58 Å². The fourth-order valence-corrected chi connectivity index (χ4v) is 2.74. The number of aromatic nitrogens is 1. The van der Waals surface area contributed by atoms with Gasteiger partial charge in [0.15, 0.2) is 0 Å². The average molecular weight is 388 g/mol. The molecule has 3 rings (SSSR count). The van der Waals surface area contributed by atoms with Gasteiger partial charge in [0.1, 0.15) is 5.84 Å². The molecule has 6 nitrogen and oxygen atoms in total. The fraction of sp³-hybridized carbons (Fsp3) is 0.158. The van der Waals surface area contributed by atoms with Crippen LogP contribution in [0.2, 0.25) is 0 Å². The lowest BCUT2D eigenvalue weighted by atomic mass is 10.1. The van der Waals surface area contributed by atoms with Crippen molar-refractivity contribution < 1.29 is 22.8 Å². The van der Waals surface area contributed by atoms with Crippen LogP contribution in [0.1, 0.15) is 15.9 Å². The normalized spacial score (nSPS) is 19.3. The number of benzene rings is 1. The van der Waals surface area contributed by atoms with Crippen LogP contribution in [0.15, 0.2) is 72.5 Å². The Bertz CT molecular complexity index is 929. The molecule has 2 aromatic rings. The van der Waals surface area contributed by atoms with Gasteiger partial charge in [-0.2, -0.15) is 13.2 Å². The van der Waals surface area contributed by atoms with E-state index >= 15 is 0 Å². The van der Waals surface area contributed by atoms with Gasteiger partial charge in [0.05, 0.1) is 5.56 Å². The zero-order chi connectivity index (χ0) is 20.4. The number of aliphatic imine (C=N–C) groups is 1. The molecule has 0 fully saturated rings. The van der Waals surface area contributed by atoms with E-state index in [0.717, 1.165) is 11.1 Å². The van der Waals surface area contributed by atoms with E-state index in [-0.39, 0.29) is 17.9 Å². The lowest BCUT2D eigenvalue weighted by molar-refractivity contribution is -0.196. The minimum Gasteiger partial charge on any atom is -0.312 e. The Labute approximate surface area is 158 Å². The third kappa shape index (κ3) is 3.26. The molecule has 0 aliphatic carbocycles. The average Bonchev–Trinajstić information content (AvgIpc) is 2.97. The van der Waals surface area contributed by atoms with Gasteiger partial charge in [0.25, 0.3) is 11.8 Å². The monoisotopic (exact) mass is 388 g/mol. The minimum absolute atomic E-state index is 0.127. The first-order chi connectivity index (χ1) is 13.3. The second kappa shape index (κ2) is 7.26. The highest BCUT2D eigenvalue weighted by molar-refractivity contribution is 6.16. The van der Waals surface area contributed by atoms with Gasteiger partial charge in [-0.3, -0.25) is 19.5 Å². The number of amides is 2. The molecule has 2 heterocycles. The highest BCUT2D eigenvalue weighted by Gasteiger charge is 2.67. The molecular weight excluding hydrogens is 373 g/mol. The van der Waals surface area contributed by atoms with Gasteiger partial charge in [0, 0.05) is 24.5 Å². The zero-order valence-electron chi connectivity index (χ0n) is 14.5. The Morgan fingerprint density at radius 3 is 2.50 bits per heavy atom. The second-order valence-corrected chi connectivity index (χ2v) is 5.91. The summed E-state index contributed by atoms with van der Waals surface area (Å²) in [6, 6.07) is 10.6. The van der Waals surface area contributed by atoms with Crippen molar-refractivity contribution >= 4 is 17.6 Å². The minimum atomic E-state index is -5.17. The molecule has 1 aromatic heterocycles. The van der Waals surface area contributed by atoms with E-state index in [1.807, 2.05) is 0 Å². The molecule has 0 unspecified atom stereocenters. The molecule has 0 bridgehead atoms. The first-order valence-electron chi connectivity index (χ1n) is 8.17. The first kappa shape index (κ1) is 19.3. The van der Waals surface area contributed by atoms with Crippen molar-refractivity contribution in [2.24, 2.45) is 4.99 Å². The van der Waals surface area contributed by atoms with E-state index in [1.165, 1.54) is 36.5 Å². The van der Waals surface area contributed by atoms with Crippen LogP contribution in [-0.2, 0) is 4.79 Å².